The van der Waals surface area contributed by atoms with Gasteiger partial charge in [-0.05, 0) is 31.1 Å². The average molecular weight is 279 g/mol. The van der Waals surface area contributed by atoms with Gasteiger partial charge in [-0.15, -0.1) is 0 Å². The van der Waals surface area contributed by atoms with Gasteiger partial charge in [0.15, 0.2) is 5.11 Å². The molecule has 0 amide bonds. The van der Waals surface area contributed by atoms with Crippen LogP contribution in [0.3, 0.4) is 0 Å². The molecule has 0 unspecified atom stereocenters. The monoisotopic (exact) mass is 279 g/mol. The van der Waals surface area contributed by atoms with Gasteiger partial charge in [-0.3, -0.25) is 5.43 Å². The first-order valence-electron chi connectivity index (χ1n) is 6.33. The Labute approximate surface area is 120 Å². The topological polar surface area (TPSA) is 45.7 Å². The minimum atomic E-state index is 0.509. The molecule has 0 aromatic heterocycles. The zero-order valence-electron chi connectivity index (χ0n) is 11.7. The van der Waals surface area contributed by atoms with Crippen LogP contribution in [0.2, 0.25) is 0 Å². The van der Waals surface area contributed by atoms with Crippen molar-refractivity contribution in [3.8, 4) is 0 Å². The molecule has 4 nitrogen and oxygen atoms in total. The Morgan fingerprint density at radius 2 is 2.00 bits per heavy atom. The van der Waals surface area contributed by atoms with Gasteiger partial charge in [0.05, 0.1) is 12.3 Å². The third-order valence-corrected chi connectivity index (χ3v) is 2.84. The average Bonchev–Trinajstić information content (AvgIpc) is 2.41. The van der Waals surface area contributed by atoms with Gasteiger partial charge in [-0.1, -0.05) is 36.8 Å². The largest absolute Gasteiger partial charge is 0.383 e. The van der Waals surface area contributed by atoms with Crippen LogP contribution in [0.1, 0.15) is 24.5 Å². The number of hydrazone groups is 1. The van der Waals surface area contributed by atoms with Gasteiger partial charge in [0.1, 0.15) is 0 Å². The number of rotatable bonds is 6. The number of methoxy groups -OCH3 is 1. The second-order valence-electron chi connectivity index (χ2n) is 4.14. The van der Waals surface area contributed by atoms with Crippen molar-refractivity contribution in [3.63, 3.8) is 0 Å². The van der Waals surface area contributed by atoms with E-state index >= 15 is 0 Å². The molecule has 0 aliphatic rings. The lowest BCUT2D eigenvalue weighted by molar-refractivity contribution is 0.204. The Morgan fingerprint density at radius 3 is 2.58 bits per heavy atom. The first-order chi connectivity index (χ1) is 9.17. The summed E-state index contributed by atoms with van der Waals surface area (Å²) in [5.74, 6) is 0. The Bertz CT molecular complexity index is 429. The van der Waals surface area contributed by atoms with E-state index in [1.54, 1.807) is 7.11 Å². The minimum Gasteiger partial charge on any atom is -0.383 e. The molecule has 0 atom stereocenters. The van der Waals surface area contributed by atoms with Crippen molar-refractivity contribution in [2.45, 2.75) is 20.3 Å². The van der Waals surface area contributed by atoms with Gasteiger partial charge in [0.2, 0.25) is 0 Å². The van der Waals surface area contributed by atoms with Gasteiger partial charge < -0.3 is 10.1 Å². The van der Waals surface area contributed by atoms with Crippen LogP contribution in [0.15, 0.2) is 29.4 Å². The summed E-state index contributed by atoms with van der Waals surface area (Å²) in [5.41, 5.74) is 6.19. The molecule has 0 radical (unpaired) electrons. The summed E-state index contributed by atoms with van der Waals surface area (Å²) in [6.07, 6.45) is 0.844. The van der Waals surface area contributed by atoms with Crippen LogP contribution in [-0.4, -0.2) is 31.1 Å². The fourth-order valence-corrected chi connectivity index (χ4v) is 1.67. The molecule has 0 saturated carbocycles. The van der Waals surface area contributed by atoms with Gasteiger partial charge in [-0.25, -0.2) is 0 Å². The molecule has 0 heterocycles. The zero-order valence-corrected chi connectivity index (χ0v) is 12.5. The Balaban J connectivity index is 2.57. The standard InChI is InChI=1S/C14H21N3OS/c1-4-13(12-7-5-11(2)6-8-12)16-17-14(19)15-9-10-18-3/h5-8H,4,9-10H2,1-3H3,(H2,15,17,19)/b16-13-. The molecule has 0 bridgehead atoms. The van der Waals surface area contributed by atoms with Crippen LogP contribution in [0.25, 0.3) is 0 Å². The molecule has 104 valence electrons. The molecule has 19 heavy (non-hydrogen) atoms. The van der Waals surface area contributed by atoms with E-state index in [0.29, 0.717) is 18.3 Å². The number of hydrogen-bond acceptors (Lipinski definition) is 3. The Kier molecular flexibility index (Phi) is 7.07. The van der Waals surface area contributed by atoms with Crippen LogP contribution in [0.5, 0.6) is 0 Å². The van der Waals surface area contributed by atoms with Crippen LogP contribution >= 0.6 is 12.2 Å². The normalized spacial score (nSPS) is 11.2. The zero-order chi connectivity index (χ0) is 14.1. The van der Waals surface area contributed by atoms with Gasteiger partial charge in [-0.2, -0.15) is 5.10 Å². The second-order valence-corrected chi connectivity index (χ2v) is 4.55. The van der Waals surface area contributed by atoms with E-state index in [2.05, 4.69) is 54.0 Å². The Morgan fingerprint density at radius 1 is 1.32 bits per heavy atom. The van der Waals surface area contributed by atoms with Crippen molar-refractivity contribution in [2.75, 3.05) is 20.3 Å². The molecular weight excluding hydrogens is 258 g/mol. The summed E-state index contributed by atoms with van der Waals surface area (Å²) in [4.78, 5) is 0. The lowest BCUT2D eigenvalue weighted by Crippen LogP contribution is -2.34. The summed E-state index contributed by atoms with van der Waals surface area (Å²) < 4.78 is 4.93. The summed E-state index contributed by atoms with van der Waals surface area (Å²) >= 11 is 5.12. The number of nitrogens with zero attached hydrogens (tertiary/aromatic N) is 1. The van der Waals surface area contributed by atoms with Crippen molar-refractivity contribution in [2.24, 2.45) is 5.10 Å². The predicted molar refractivity (Wildman–Crippen MR) is 83.6 cm³/mol. The summed E-state index contributed by atoms with van der Waals surface area (Å²) in [7, 11) is 1.66. The summed E-state index contributed by atoms with van der Waals surface area (Å²) in [6, 6.07) is 8.30. The second kappa shape index (κ2) is 8.61. The van der Waals surface area contributed by atoms with E-state index in [9.17, 15) is 0 Å². The van der Waals surface area contributed by atoms with Gasteiger partial charge >= 0.3 is 0 Å². The molecule has 0 aliphatic heterocycles. The number of nitrogens with one attached hydrogen (secondary N) is 2. The SMILES string of the molecule is CC/C(=N/NC(=S)NCCOC)c1ccc(C)cc1. The highest BCUT2D eigenvalue weighted by Crippen LogP contribution is 2.06. The van der Waals surface area contributed by atoms with E-state index < -0.39 is 0 Å². The quantitative estimate of drug-likeness (QED) is 0.363. The highest BCUT2D eigenvalue weighted by Gasteiger charge is 2.01. The van der Waals surface area contributed by atoms with Crippen molar-refractivity contribution >= 4 is 23.0 Å². The maximum absolute atomic E-state index is 5.12. The van der Waals surface area contributed by atoms with Crippen LogP contribution in [0, 0.1) is 6.92 Å². The Hall–Kier alpha value is -1.46. The molecule has 5 heteroatoms. The predicted octanol–water partition coefficient (Wildman–Crippen LogP) is 2.22. The molecule has 1 rings (SSSR count). The number of aryl methyl sites for hydroxylation is 1. The molecular formula is C14H21N3OS. The maximum Gasteiger partial charge on any atom is 0.187 e. The van der Waals surface area contributed by atoms with E-state index in [4.69, 9.17) is 17.0 Å². The number of hydrogen-bond donors (Lipinski definition) is 2. The molecule has 2 N–H and O–H groups in total. The number of benzene rings is 1. The van der Waals surface area contributed by atoms with Crippen molar-refractivity contribution in [3.05, 3.63) is 35.4 Å². The van der Waals surface area contributed by atoms with Gasteiger partial charge in [0, 0.05) is 13.7 Å². The van der Waals surface area contributed by atoms with Crippen molar-refractivity contribution in [1.29, 1.82) is 0 Å². The van der Waals surface area contributed by atoms with E-state index in [1.165, 1.54) is 5.56 Å². The number of ether oxygens (including phenoxy) is 1. The van der Waals surface area contributed by atoms with Crippen LogP contribution in [0.4, 0.5) is 0 Å². The third kappa shape index (κ3) is 5.81. The smallest absolute Gasteiger partial charge is 0.187 e. The molecule has 1 aromatic carbocycles. The fourth-order valence-electron chi connectivity index (χ4n) is 1.52. The van der Waals surface area contributed by atoms with Crippen molar-refractivity contribution in [1.82, 2.24) is 10.7 Å². The molecule has 0 saturated heterocycles. The highest BCUT2D eigenvalue weighted by molar-refractivity contribution is 7.80. The van der Waals surface area contributed by atoms with Gasteiger partial charge in [0.25, 0.3) is 0 Å². The molecule has 0 fully saturated rings. The van der Waals surface area contributed by atoms with Crippen LogP contribution < -0.4 is 10.7 Å². The van der Waals surface area contributed by atoms with E-state index in [1.807, 2.05) is 0 Å². The fraction of sp³-hybridized carbons (Fsp3) is 0.429. The van der Waals surface area contributed by atoms with E-state index in [-0.39, 0.29) is 0 Å². The highest BCUT2D eigenvalue weighted by atomic mass is 32.1. The number of thiocarbonyl (C=S) groups is 1. The minimum absolute atomic E-state index is 0.509. The van der Waals surface area contributed by atoms with E-state index in [0.717, 1.165) is 17.7 Å². The molecule has 0 aliphatic carbocycles. The first kappa shape index (κ1) is 15.6. The third-order valence-electron chi connectivity index (χ3n) is 2.60. The summed E-state index contributed by atoms with van der Waals surface area (Å²) in [6.45, 7) is 5.43. The lowest BCUT2D eigenvalue weighted by Gasteiger charge is -2.08. The summed E-state index contributed by atoms with van der Waals surface area (Å²) in [5, 5.41) is 7.86. The first-order valence-corrected chi connectivity index (χ1v) is 6.74. The lowest BCUT2D eigenvalue weighted by atomic mass is 10.1. The van der Waals surface area contributed by atoms with Crippen LogP contribution in [-0.2, 0) is 4.74 Å². The maximum atomic E-state index is 5.12. The molecule has 1 aromatic rings. The van der Waals surface area contributed by atoms with Crippen molar-refractivity contribution < 1.29 is 4.74 Å². The molecule has 0 spiro atoms.